The van der Waals surface area contributed by atoms with Crippen LogP contribution in [0.4, 0.5) is 0 Å². The highest BCUT2D eigenvalue weighted by Gasteiger charge is 2.38. The molecule has 2 saturated heterocycles. The minimum Gasteiger partial charge on any atom is -0.313 e. The normalized spacial score (nSPS) is 27.2. The molecule has 3 rings (SSSR count). The third-order valence-electron chi connectivity index (χ3n) is 5.21. The SMILES string of the molecule is CCc1ccc(C2CNCCN2S(=O)(=O)N2CCCC(C)C2)cc1. The molecule has 0 saturated carbocycles. The number of piperidine rings is 1. The van der Waals surface area contributed by atoms with E-state index in [1.165, 1.54) is 5.56 Å². The lowest BCUT2D eigenvalue weighted by Gasteiger charge is -2.40. The third kappa shape index (κ3) is 3.67. The highest BCUT2D eigenvalue weighted by Crippen LogP contribution is 2.29. The highest BCUT2D eigenvalue weighted by atomic mass is 32.2. The number of nitrogens with zero attached hydrogens (tertiary/aromatic N) is 2. The molecule has 0 radical (unpaired) electrons. The Bertz CT molecular complexity index is 645. The lowest BCUT2D eigenvalue weighted by atomic mass is 10.0. The van der Waals surface area contributed by atoms with Gasteiger partial charge in [0.05, 0.1) is 6.04 Å². The van der Waals surface area contributed by atoms with Gasteiger partial charge in [-0.1, -0.05) is 38.1 Å². The van der Waals surface area contributed by atoms with Gasteiger partial charge in [0.15, 0.2) is 0 Å². The molecule has 0 aromatic heterocycles. The summed E-state index contributed by atoms with van der Waals surface area (Å²) in [6.07, 6.45) is 3.08. The van der Waals surface area contributed by atoms with Crippen LogP contribution >= 0.6 is 0 Å². The third-order valence-corrected chi connectivity index (χ3v) is 7.22. The van der Waals surface area contributed by atoms with Crippen LogP contribution in [0, 0.1) is 5.92 Å². The van der Waals surface area contributed by atoms with Crippen LogP contribution in [-0.2, 0) is 16.6 Å². The van der Waals surface area contributed by atoms with Gasteiger partial charge >= 0.3 is 0 Å². The van der Waals surface area contributed by atoms with Crippen LogP contribution in [-0.4, -0.2) is 49.8 Å². The summed E-state index contributed by atoms with van der Waals surface area (Å²) in [5, 5.41) is 3.35. The summed E-state index contributed by atoms with van der Waals surface area (Å²) in [4.78, 5) is 0. The molecule has 2 heterocycles. The van der Waals surface area contributed by atoms with Gasteiger partial charge in [0.2, 0.25) is 0 Å². The first-order chi connectivity index (χ1) is 11.5. The fourth-order valence-corrected chi connectivity index (χ4v) is 5.66. The van der Waals surface area contributed by atoms with Gasteiger partial charge in [0.25, 0.3) is 10.2 Å². The molecule has 0 spiro atoms. The Hall–Kier alpha value is -0.950. The van der Waals surface area contributed by atoms with Gasteiger partial charge in [-0.15, -0.1) is 0 Å². The number of piperazine rings is 1. The Morgan fingerprint density at radius 1 is 1.21 bits per heavy atom. The number of nitrogens with one attached hydrogen (secondary N) is 1. The largest absolute Gasteiger partial charge is 0.313 e. The van der Waals surface area contributed by atoms with Crippen molar-refractivity contribution in [3.05, 3.63) is 35.4 Å². The second-order valence-electron chi connectivity index (χ2n) is 7.04. The van der Waals surface area contributed by atoms with E-state index in [0.717, 1.165) is 24.8 Å². The molecule has 2 unspecified atom stereocenters. The van der Waals surface area contributed by atoms with Gasteiger partial charge in [-0.3, -0.25) is 0 Å². The van der Waals surface area contributed by atoms with Gasteiger partial charge in [0.1, 0.15) is 0 Å². The summed E-state index contributed by atoms with van der Waals surface area (Å²) < 4.78 is 29.8. The Labute approximate surface area is 146 Å². The molecule has 5 nitrogen and oxygen atoms in total. The maximum atomic E-state index is 13.2. The molecule has 2 atom stereocenters. The standard InChI is InChI=1S/C18H29N3O2S/c1-3-16-6-8-17(9-7-16)18-13-19-10-12-21(18)24(22,23)20-11-4-5-15(2)14-20/h6-9,15,18-19H,3-5,10-14H2,1-2H3. The lowest BCUT2D eigenvalue weighted by molar-refractivity contribution is 0.220. The predicted octanol–water partition coefficient (Wildman–Crippen LogP) is 2.17. The Morgan fingerprint density at radius 3 is 2.62 bits per heavy atom. The zero-order chi connectivity index (χ0) is 17.2. The molecule has 1 aromatic carbocycles. The van der Waals surface area contributed by atoms with Gasteiger partial charge < -0.3 is 5.32 Å². The minimum atomic E-state index is -3.40. The molecule has 2 fully saturated rings. The average molecular weight is 352 g/mol. The van der Waals surface area contributed by atoms with Crippen LogP contribution in [0.5, 0.6) is 0 Å². The zero-order valence-electron chi connectivity index (χ0n) is 14.7. The summed E-state index contributed by atoms with van der Waals surface area (Å²) in [5.74, 6) is 0.443. The first-order valence-corrected chi connectivity index (χ1v) is 10.5. The molecule has 1 N–H and O–H groups in total. The minimum absolute atomic E-state index is 0.119. The van der Waals surface area contributed by atoms with Gasteiger partial charge in [-0.05, 0) is 36.3 Å². The second-order valence-corrected chi connectivity index (χ2v) is 8.92. The maximum Gasteiger partial charge on any atom is 0.282 e. The zero-order valence-corrected chi connectivity index (χ0v) is 15.6. The summed E-state index contributed by atoms with van der Waals surface area (Å²) in [7, 11) is -3.40. The van der Waals surface area contributed by atoms with E-state index in [0.29, 0.717) is 38.6 Å². The van der Waals surface area contributed by atoms with Crippen molar-refractivity contribution in [2.24, 2.45) is 5.92 Å². The molecule has 134 valence electrons. The van der Waals surface area contributed by atoms with E-state index in [1.807, 2.05) is 0 Å². The van der Waals surface area contributed by atoms with Crippen molar-refractivity contribution >= 4 is 10.2 Å². The molecule has 6 heteroatoms. The number of aryl methyl sites for hydroxylation is 1. The van der Waals surface area contributed by atoms with Gasteiger partial charge in [0, 0.05) is 32.7 Å². The molecule has 2 aliphatic rings. The monoisotopic (exact) mass is 351 g/mol. The maximum absolute atomic E-state index is 13.2. The summed E-state index contributed by atoms with van der Waals surface area (Å²) >= 11 is 0. The van der Waals surface area contributed by atoms with E-state index in [9.17, 15) is 8.42 Å². The van der Waals surface area contributed by atoms with E-state index >= 15 is 0 Å². The Morgan fingerprint density at radius 2 is 1.96 bits per heavy atom. The van der Waals surface area contributed by atoms with Crippen molar-refractivity contribution in [2.45, 2.75) is 39.2 Å². The van der Waals surface area contributed by atoms with Crippen molar-refractivity contribution in [1.82, 2.24) is 13.9 Å². The van der Waals surface area contributed by atoms with Crippen molar-refractivity contribution in [3.63, 3.8) is 0 Å². The van der Waals surface area contributed by atoms with E-state index in [2.05, 4.69) is 43.4 Å². The molecule has 0 bridgehead atoms. The van der Waals surface area contributed by atoms with Crippen molar-refractivity contribution < 1.29 is 8.42 Å². The first kappa shape index (κ1) is 17.9. The van der Waals surface area contributed by atoms with E-state index < -0.39 is 10.2 Å². The van der Waals surface area contributed by atoms with Crippen LogP contribution < -0.4 is 5.32 Å². The fourth-order valence-electron chi connectivity index (χ4n) is 3.73. The number of rotatable bonds is 4. The Kier molecular flexibility index (Phi) is 5.59. The smallest absolute Gasteiger partial charge is 0.282 e. The summed E-state index contributed by atoms with van der Waals surface area (Å²) in [6.45, 7) is 7.49. The molecule has 24 heavy (non-hydrogen) atoms. The molecule has 1 aromatic rings. The molecular formula is C18H29N3O2S. The van der Waals surface area contributed by atoms with E-state index in [-0.39, 0.29) is 6.04 Å². The highest BCUT2D eigenvalue weighted by molar-refractivity contribution is 7.86. The van der Waals surface area contributed by atoms with Gasteiger partial charge in [-0.2, -0.15) is 17.0 Å². The molecule has 0 amide bonds. The van der Waals surface area contributed by atoms with Crippen molar-refractivity contribution in [3.8, 4) is 0 Å². The van der Waals surface area contributed by atoms with Crippen LogP contribution in [0.2, 0.25) is 0 Å². The van der Waals surface area contributed by atoms with Crippen LogP contribution in [0.3, 0.4) is 0 Å². The number of benzene rings is 1. The fraction of sp³-hybridized carbons (Fsp3) is 0.667. The molecular weight excluding hydrogens is 322 g/mol. The summed E-state index contributed by atoms with van der Waals surface area (Å²) in [5.41, 5.74) is 2.36. The Balaban J connectivity index is 1.85. The molecule has 0 aliphatic carbocycles. The summed E-state index contributed by atoms with van der Waals surface area (Å²) in [6, 6.07) is 8.26. The second kappa shape index (κ2) is 7.52. The topological polar surface area (TPSA) is 52.7 Å². The van der Waals surface area contributed by atoms with E-state index in [4.69, 9.17) is 0 Å². The van der Waals surface area contributed by atoms with Crippen molar-refractivity contribution in [1.29, 1.82) is 0 Å². The van der Waals surface area contributed by atoms with Crippen LogP contribution in [0.25, 0.3) is 0 Å². The van der Waals surface area contributed by atoms with Crippen LogP contribution in [0.15, 0.2) is 24.3 Å². The quantitative estimate of drug-likeness (QED) is 0.904. The van der Waals surface area contributed by atoms with Gasteiger partial charge in [-0.25, -0.2) is 0 Å². The predicted molar refractivity (Wildman–Crippen MR) is 97.0 cm³/mol. The first-order valence-electron chi connectivity index (χ1n) is 9.09. The average Bonchev–Trinajstić information content (AvgIpc) is 2.62. The lowest BCUT2D eigenvalue weighted by Crippen LogP contribution is -2.54. The van der Waals surface area contributed by atoms with Crippen LogP contribution in [0.1, 0.15) is 43.9 Å². The molecule has 2 aliphatic heterocycles. The number of hydrogen-bond acceptors (Lipinski definition) is 3. The number of hydrogen-bond donors (Lipinski definition) is 1. The van der Waals surface area contributed by atoms with Crippen molar-refractivity contribution in [2.75, 3.05) is 32.7 Å². The van der Waals surface area contributed by atoms with E-state index in [1.54, 1.807) is 8.61 Å².